The van der Waals surface area contributed by atoms with Crippen LogP contribution in [0.1, 0.15) is 97.3 Å². The molecule has 0 aromatic heterocycles. The fraction of sp³-hybridized carbons (Fsp3) is 0.542. The van der Waals surface area contributed by atoms with Crippen LogP contribution in [0.15, 0.2) is 122 Å². The van der Waals surface area contributed by atoms with Gasteiger partial charge in [0.05, 0.1) is 46.1 Å². The van der Waals surface area contributed by atoms with Crippen molar-refractivity contribution in [2.75, 3.05) is 47.5 Å². The molecule has 0 rings (SSSR count). The molecule has 0 saturated carbocycles. The van der Waals surface area contributed by atoms with Crippen molar-refractivity contribution < 1.29 is 57.4 Å². The molecular weight excluding hydrogens is 797 g/mol. The molecule has 13 heteroatoms. The Labute approximate surface area is 366 Å². The van der Waals surface area contributed by atoms with Gasteiger partial charge >= 0.3 is 19.8 Å². The van der Waals surface area contributed by atoms with E-state index in [1.165, 1.54) is 6.08 Å². The number of carbonyl (C=O) groups excluding carboxylic acids is 2. The molecule has 61 heavy (non-hydrogen) atoms. The van der Waals surface area contributed by atoms with Crippen LogP contribution < -0.4 is 0 Å². The summed E-state index contributed by atoms with van der Waals surface area (Å²) in [4.78, 5) is 35.4. The first kappa shape index (κ1) is 57.3. The van der Waals surface area contributed by atoms with E-state index in [1.54, 1.807) is 42.5 Å². The molecule has 4 N–H and O–H groups in total. The van der Waals surface area contributed by atoms with Crippen LogP contribution in [0.4, 0.5) is 0 Å². The minimum atomic E-state index is -4.50. The molecule has 0 aromatic carbocycles. The molecule has 344 valence electrons. The summed E-state index contributed by atoms with van der Waals surface area (Å²) in [6.07, 6.45) is 42.1. The summed E-state index contributed by atoms with van der Waals surface area (Å²) in [5.74, 6) is -1.22. The van der Waals surface area contributed by atoms with E-state index in [0.717, 1.165) is 38.5 Å². The molecule has 0 spiro atoms. The van der Waals surface area contributed by atoms with Crippen molar-refractivity contribution in [1.29, 1.82) is 0 Å². The van der Waals surface area contributed by atoms with Crippen LogP contribution in [0.2, 0.25) is 0 Å². The van der Waals surface area contributed by atoms with Crippen LogP contribution in [0.5, 0.6) is 0 Å². The number of rotatable bonds is 36. The van der Waals surface area contributed by atoms with E-state index in [-0.39, 0.29) is 32.3 Å². The maximum absolute atomic E-state index is 12.7. The summed E-state index contributed by atoms with van der Waals surface area (Å²) in [7, 11) is 1.20. The average molecular weight is 875 g/mol. The number of quaternary nitrogens is 1. The van der Waals surface area contributed by atoms with Gasteiger partial charge in [0.25, 0.3) is 0 Å². The summed E-state index contributed by atoms with van der Waals surface area (Å²) in [5.41, 5.74) is 0. The quantitative estimate of drug-likeness (QED) is 0.0118. The normalized spacial score (nSPS) is 16.3. The zero-order valence-corrected chi connectivity index (χ0v) is 38.3. The molecule has 0 aliphatic carbocycles. The number of aliphatic hydroxyl groups is 3. The highest BCUT2D eigenvalue weighted by atomic mass is 31.2. The van der Waals surface area contributed by atoms with Crippen LogP contribution in [0.3, 0.4) is 0 Å². The molecule has 5 atom stereocenters. The molecule has 0 aromatic rings. The number of hydrogen-bond acceptors (Lipinski definition) is 10. The molecule has 0 aliphatic rings. The Bertz CT molecular complexity index is 1500. The molecule has 0 heterocycles. The van der Waals surface area contributed by atoms with Gasteiger partial charge in [0, 0.05) is 12.8 Å². The highest BCUT2D eigenvalue weighted by molar-refractivity contribution is 7.47. The lowest BCUT2D eigenvalue weighted by atomic mass is 10.1. The maximum atomic E-state index is 12.7. The first-order valence-electron chi connectivity index (χ1n) is 21.6. The molecule has 0 fully saturated rings. The van der Waals surface area contributed by atoms with Gasteiger partial charge in [-0.1, -0.05) is 135 Å². The zero-order valence-electron chi connectivity index (χ0n) is 37.4. The number of phosphoric acid groups is 1. The summed E-state index contributed by atoms with van der Waals surface area (Å²) in [6.45, 7) is 3.60. The van der Waals surface area contributed by atoms with Gasteiger partial charge < -0.3 is 34.2 Å². The predicted molar refractivity (Wildman–Crippen MR) is 246 cm³/mol. The Morgan fingerprint density at radius 3 is 1.75 bits per heavy atom. The number of esters is 2. The number of likely N-dealkylation sites (N-methyl/N-ethyl adjacent to an activating group) is 1. The largest absolute Gasteiger partial charge is 0.472 e. The Balaban J connectivity index is 4.83. The minimum Gasteiger partial charge on any atom is -0.462 e. The minimum absolute atomic E-state index is 0.0493. The second-order valence-corrected chi connectivity index (χ2v) is 16.6. The average Bonchev–Trinajstić information content (AvgIpc) is 3.20. The van der Waals surface area contributed by atoms with E-state index in [2.05, 4.69) is 55.5 Å². The van der Waals surface area contributed by atoms with Gasteiger partial charge in [0.15, 0.2) is 6.10 Å². The fourth-order valence-corrected chi connectivity index (χ4v) is 5.60. The van der Waals surface area contributed by atoms with Crippen LogP contribution in [0.25, 0.3) is 0 Å². The van der Waals surface area contributed by atoms with E-state index in [1.807, 2.05) is 52.4 Å². The first-order valence-corrected chi connectivity index (χ1v) is 23.1. The van der Waals surface area contributed by atoms with Crippen molar-refractivity contribution in [3.05, 3.63) is 122 Å². The van der Waals surface area contributed by atoms with Crippen molar-refractivity contribution in [1.82, 2.24) is 0 Å². The summed E-state index contributed by atoms with van der Waals surface area (Å²) >= 11 is 0. The lowest BCUT2D eigenvalue weighted by molar-refractivity contribution is -0.870. The first-order chi connectivity index (χ1) is 29.2. The number of carbonyl (C=O) groups is 2. The van der Waals surface area contributed by atoms with Gasteiger partial charge in [0.1, 0.15) is 19.8 Å². The Hall–Kier alpha value is -3.71. The third-order valence-electron chi connectivity index (χ3n) is 8.33. The van der Waals surface area contributed by atoms with Gasteiger partial charge in [-0.3, -0.25) is 18.6 Å². The van der Waals surface area contributed by atoms with Crippen LogP contribution >= 0.6 is 7.82 Å². The summed E-state index contributed by atoms with van der Waals surface area (Å²) in [6, 6.07) is 0. The lowest BCUT2D eigenvalue weighted by Gasteiger charge is -2.24. The highest BCUT2D eigenvalue weighted by Crippen LogP contribution is 2.43. The summed E-state index contributed by atoms with van der Waals surface area (Å²) in [5, 5.41) is 30.5. The Morgan fingerprint density at radius 1 is 0.639 bits per heavy atom. The molecule has 0 aliphatic heterocycles. The third-order valence-corrected chi connectivity index (χ3v) is 9.31. The smallest absolute Gasteiger partial charge is 0.462 e. The molecular formula is C48H77NO11P+. The van der Waals surface area contributed by atoms with E-state index >= 15 is 0 Å². The molecule has 0 radical (unpaired) electrons. The number of unbranched alkanes of at least 4 members (excludes halogenated alkanes) is 1. The Morgan fingerprint density at radius 2 is 1.16 bits per heavy atom. The number of aliphatic hydroxyl groups excluding tert-OH is 3. The second kappa shape index (κ2) is 38.0. The third kappa shape index (κ3) is 40.1. The van der Waals surface area contributed by atoms with Gasteiger partial charge in [-0.25, -0.2) is 4.57 Å². The van der Waals surface area contributed by atoms with E-state index in [9.17, 15) is 34.4 Å². The van der Waals surface area contributed by atoms with Crippen LogP contribution in [-0.4, -0.2) is 109 Å². The van der Waals surface area contributed by atoms with E-state index in [4.69, 9.17) is 18.5 Å². The predicted octanol–water partition coefficient (Wildman–Crippen LogP) is 9.04. The van der Waals surface area contributed by atoms with Crippen molar-refractivity contribution in [3.8, 4) is 0 Å². The van der Waals surface area contributed by atoms with E-state index < -0.39 is 57.4 Å². The highest BCUT2D eigenvalue weighted by Gasteiger charge is 2.27. The van der Waals surface area contributed by atoms with Crippen molar-refractivity contribution >= 4 is 19.8 Å². The van der Waals surface area contributed by atoms with Crippen molar-refractivity contribution in [3.63, 3.8) is 0 Å². The zero-order chi connectivity index (χ0) is 45.5. The van der Waals surface area contributed by atoms with Gasteiger partial charge in [-0.15, -0.1) is 0 Å². The molecule has 0 bridgehead atoms. The number of ether oxygens (including phenoxy) is 2. The summed E-state index contributed by atoms with van der Waals surface area (Å²) < 4.78 is 33.9. The molecule has 12 nitrogen and oxygen atoms in total. The molecule has 0 amide bonds. The number of allylic oxidation sites excluding steroid dienone is 17. The van der Waals surface area contributed by atoms with Crippen LogP contribution in [-0.2, 0) is 32.7 Å². The number of nitrogens with zero attached hydrogens (tertiary/aromatic N) is 1. The Kier molecular flexibility index (Phi) is 35.7. The van der Waals surface area contributed by atoms with Gasteiger partial charge in [0.2, 0.25) is 0 Å². The monoisotopic (exact) mass is 875 g/mol. The lowest BCUT2D eigenvalue weighted by Crippen LogP contribution is -2.37. The van der Waals surface area contributed by atoms with Crippen LogP contribution in [0, 0.1) is 0 Å². The van der Waals surface area contributed by atoms with Gasteiger partial charge in [-0.2, -0.15) is 0 Å². The van der Waals surface area contributed by atoms with Crippen molar-refractivity contribution in [2.24, 2.45) is 0 Å². The SMILES string of the molecule is CC/C=C\C/C=C\C/C=C\C/C=C\C/C=C\CCCC(=O)OC[C@H](COP(=O)(O)OCC[N+](C)(C)C)OC(=O)CCC[C@@H](O)[C@H](O)\C=C/C=C\C=C\C=C\[C@@H](O)C/C=C\CC. The fourth-order valence-electron chi connectivity index (χ4n) is 4.86. The standard InChI is InChI=1S/C48H76NO11P/c1-6-8-10-11-12-13-14-15-16-17-18-19-20-21-22-27-31-37-47(53)57-41-44(42-59-61(55,56)58-40-39-49(3,4)5)60-48(54)38-32-36-46(52)45(51)35-30-26-24-23-25-29-34-43(50)33-28-9-7-2/h8-10,12-13,15-16,18-19,21-26,28-30,34-35,43-46,50-52H,6-7,11,14,17,20,27,31-33,36-42H2,1-5H3/p+1/b10-8-,13-12-,16-15-,19-18-,22-21-,25-23+,26-24-,28-9-,34-29+,35-30-/t43-,44+,45+,46+/m0/s1. The number of hydrogen-bond donors (Lipinski definition) is 4. The number of phosphoric ester groups is 1. The van der Waals surface area contributed by atoms with Crippen molar-refractivity contribution in [2.45, 2.75) is 122 Å². The maximum Gasteiger partial charge on any atom is 0.472 e. The topological polar surface area (TPSA) is 169 Å². The molecule has 0 saturated heterocycles. The molecule has 1 unspecified atom stereocenters. The second-order valence-electron chi connectivity index (χ2n) is 15.2. The van der Waals surface area contributed by atoms with Gasteiger partial charge in [-0.05, 0) is 70.6 Å². The van der Waals surface area contributed by atoms with E-state index in [0.29, 0.717) is 30.3 Å².